The summed E-state index contributed by atoms with van der Waals surface area (Å²) < 4.78 is 0. The second-order valence-corrected chi connectivity index (χ2v) is 5.94. The van der Waals surface area contributed by atoms with Gasteiger partial charge in [0.15, 0.2) is 5.54 Å². The molecule has 1 spiro atoms. The largest absolute Gasteiger partial charge is 0.274 e. The molecular formula is C13H11Cl2N3O2. The maximum absolute atomic E-state index is 12.5. The van der Waals surface area contributed by atoms with Gasteiger partial charge in [-0.15, -0.1) is 0 Å². The molecule has 2 aliphatic heterocycles. The van der Waals surface area contributed by atoms with E-state index in [9.17, 15) is 9.59 Å². The van der Waals surface area contributed by atoms with E-state index < -0.39 is 11.0 Å². The van der Waals surface area contributed by atoms with E-state index in [2.05, 4.69) is 10.2 Å². The van der Waals surface area contributed by atoms with E-state index in [4.69, 9.17) is 23.2 Å². The van der Waals surface area contributed by atoms with Crippen LogP contribution in [0.25, 0.3) is 0 Å². The van der Waals surface area contributed by atoms with Gasteiger partial charge in [-0.3, -0.25) is 9.59 Å². The number of imide groups is 1. The van der Waals surface area contributed by atoms with Gasteiger partial charge in [-0.2, -0.15) is 10.2 Å². The maximum Gasteiger partial charge on any atom is 0.264 e. The molecule has 0 saturated carbocycles. The molecular weight excluding hydrogens is 301 g/mol. The molecule has 2 heterocycles. The maximum atomic E-state index is 12.5. The first kappa shape index (κ1) is 13.5. The number of amides is 2. The van der Waals surface area contributed by atoms with Crippen molar-refractivity contribution in [3.05, 3.63) is 28.8 Å². The van der Waals surface area contributed by atoms with Crippen LogP contribution in [0, 0.1) is 6.92 Å². The normalized spacial score (nSPS) is 28.9. The molecule has 0 unspecified atom stereocenters. The molecule has 1 aromatic carbocycles. The van der Waals surface area contributed by atoms with Crippen molar-refractivity contribution in [3.63, 3.8) is 0 Å². The number of carbonyl (C=O) groups is 2. The molecule has 3 rings (SSSR count). The van der Waals surface area contributed by atoms with Crippen molar-refractivity contribution >= 4 is 40.7 Å². The lowest BCUT2D eigenvalue weighted by Crippen LogP contribution is -2.38. The van der Waals surface area contributed by atoms with E-state index in [-0.39, 0.29) is 24.7 Å². The average Bonchev–Trinajstić information content (AvgIpc) is 2.86. The van der Waals surface area contributed by atoms with E-state index >= 15 is 0 Å². The number of hydrogen-bond acceptors (Lipinski definition) is 4. The van der Waals surface area contributed by atoms with Crippen LogP contribution in [0.15, 0.2) is 28.4 Å². The first-order valence-corrected chi connectivity index (χ1v) is 6.94. The SMILES string of the molecule is Cc1ccc(N2C(=O)C[C@]3(C[C@H](Cl)N=N3)C2=O)cc1Cl. The summed E-state index contributed by atoms with van der Waals surface area (Å²) in [5.74, 6) is -0.686. The average molecular weight is 312 g/mol. The number of nitrogens with zero attached hydrogens (tertiary/aromatic N) is 3. The molecule has 1 fully saturated rings. The Bertz CT molecular complexity index is 647. The zero-order chi connectivity index (χ0) is 14.5. The van der Waals surface area contributed by atoms with Crippen molar-refractivity contribution in [1.29, 1.82) is 0 Å². The van der Waals surface area contributed by atoms with Crippen LogP contribution in [0.2, 0.25) is 5.02 Å². The number of rotatable bonds is 1. The second kappa shape index (κ2) is 4.53. The van der Waals surface area contributed by atoms with Gasteiger partial charge in [-0.1, -0.05) is 29.3 Å². The number of carbonyl (C=O) groups excluding carboxylic acids is 2. The molecule has 104 valence electrons. The van der Waals surface area contributed by atoms with E-state index in [0.29, 0.717) is 10.7 Å². The summed E-state index contributed by atoms with van der Waals surface area (Å²) in [6, 6.07) is 5.07. The second-order valence-electron chi connectivity index (χ2n) is 5.03. The predicted octanol–water partition coefficient (Wildman–Crippen LogP) is 3.07. The molecule has 1 aromatic rings. The minimum absolute atomic E-state index is 0.00402. The van der Waals surface area contributed by atoms with Crippen molar-refractivity contribution < 1.29 is 9.59 Å². The zero-order valence-electron chi connectivity index (χ0n) is 10.6. The Kier molecular flexibility index (Phi) is 3.06. The van der Waals surface area contributed by atoms with Crippen molar-refractivity contribution in [2.45, 2.75) is 30.8 Å². The number of azo groups is 1. The summed E-state index contributed by atoms with van der Waals surface area (Å²) >= 11 is 11.9. The van der Waals surface area contributed by atoms with Crippen LogP contribution in [0.5, 0.6) is 0 Å². The predicted molar refractivity (Wildman–Crippen MR) is 75.1 cm³/mol. The Morgan fingerprint density at radius 3 is 2.75 bits per heavy atom. The molecule has 7 heteroatoms. The number of alkyl halides is 1. The summed E-state index contributed by atoms with van der Waals surface area (Å²) in [5, 5.41) is 8.23. The third kappa shape index (κ3) is 1.93. The van der Waals surface area contributed by atoms with E-state index in [1.54, 1.807) is 18.2 Å². The van der Waals surface area contributed by atoms with Crippen LogP contribution in [0.3, 0.4) is 0 Å². The Balaban J connectivity index is 1.99. The first-order valence-electron chi connectivity index (χ1n) is 6.13. The molecule has 0 N–H and O–H groups in total. The van der Waals surface area contributed by atoms with Gasteiger partial charge < -0.3 is 0 Å². The molecule has 2 amide bonds. The summed E-state index contributed by atoms with van der Waals surface area (Å²) in [4.78, 5) is 25.8. The fraction of sp³-hybridized carbons (Fsp3) is 0.385. The number of hydrogen-bond donors (Lipinski definition) is 0. The number of aryl methyl sites for hydroxylation is 1. The van der Waals surface area contributed by atoms with Crippen LogP contribution in [-0.2, 0) is 9.59 Å². The fourth-order valence-electron chi connectivity index (χ4n) is 2.48. The van der Waals surface area contributed by atoms with Gasteiger partial charge in [0.2, 0.25) is 5.91 Å². The van der Waals surface area contributed by atoms with Crippen LogP contribution >= 0.6 is 23.2 Å². The highest BCUT2D eigenvalue weighted by molar-refractivity contribution is 6.32. The summed E-state index contributed by atoms with van der Waals surface area (Å²) in [6.07, 6.45) is 0.263. The molecule has 2 aliphatic rings. The van der Waals surface area contributed by atoms with Crippen LogP contribution in [0.1, 0.15) is 18.4 Å². The Hall–Kier alpha value is -1.46. The number of halogens is 2. The summed E-state index contributed by atoms with van der Waals surface area (Å²) in [6.45, 7) is 1.85. The minimum atomic E-state index is -1.12. The third-order valence-corrected chi connectivity index (χ3v) is 4.24. The van der Waals surface area contributed by atoms with Crippen molar-refractivity contribution in [3.8, 4) is 0 Å². The zero-order valence-corrected chi connectivity index (χ0v) is 12.1. The fourth-order valence-corrected chi connectivity index (χ4v) is 2.95. The highest BCUT2D eigenvalue weighted by atomic mass is 35.5. The molecule has 0 aromatic heterocycles. The lowest BCUT2D eigenvalue weighted by Gasteiger charge is -2.18. The Morgan fingerprint density at radius 1 is 1.40 bits per heavy atom. The highest BCUT2D eigenvalue weighted by Gasteiger charge is 2.56. The lowest BCUT2D eigenvalue weighted by molar-refractivity contribution is -0.122. The van der Waals surface area contributed by atoms with E-state index in [1.165, 1.54) is 0 Å². The van der Waals surface area contributed by atoms with Gasteiger partial charge in [-0.05, 0) is 24.6 Å². The third-order valence-electron chi connectivity index (χ3n) is 3.59. The molecule has 20 heavy (non-hydrogen) atoms. The minimum Gasteiger partial charge on any atom is -0.274 e. The van der Waals surface area contributed by atoms with Crippen LogP contribution in [-0.4, -0.2) is 22.9 Å². The summed E-state index contributed by atoms with van der Waals surface area (Å²) in [5.41, 5.74) is -0.333. The van der Waals surface area contributed by atoms with Crippen molar-refractivity contribution in [2.75, 3.05) is 4.90 Å². The molecule has 5 nitrogen and oxygen atoms in total. The van der Waals surface area contributed by atoms with Crippen molar-refractivity contribution in [2.24, 2.45) is 10.2 Å². The monoisotopic (exact) mass is 311 g/mol. The van der Waals surface area contributed by atoms with Gasteiger partial charge in [0.05, 0.1) is 12.1 Å². The number of benzene rings is 1. The van der Waals surface area contributed by atoms with E-state index in [0.717, 1.165) is 10.5 Å². The highest BCUT2D eigenvalue weighted by Crippen LogP contribution is 2.41. The molecule has 1 saturated heterocycles. The van der Waals surface area contributed by atoms with Gasteiger partial charge in [0.1, 0.15) is 5.50 Å². The molecule has 2 atom stereocenters. The van der Waals surface area contributed by atoms with E-state index in [1.807, 2.05) is 6.92 Å². The van der Waals surface area contributed by atoms with Gasteiger partial charge >= 0.3 is 0 Å². The molecule has 0 radical (unpaired) electrons. The van der Waals surface area contributed by atoms with Gasteiger partial charge in [0.25, 0.3) is 5.91 Å². The molecule has 0 bridgehead atoms. The topological polar surface area (TPSA) is 62.1 Å². The number of anilines is 1. The van der Waals surface area contributed by atoms with Crippen LogP contribution < -0.4 is 4.90 Å². The Morgan fingerprint density at radius 2 is 2.15 bits per heavy atom. The van der Waals surface area contributed by atoms with Gasteiger partial charge in [0, 0.05) is 11.4 Å². The first-order chi connectivity index (χ1) is 9.43. The van der Waals surface area contributed by atoms with Gasteiger partial charge in [-0.25, -0.2) is 4.90 Å². The smallest absolute Gasteiger partial charge is 0.264 e. The summed E-state index contributed by atoms with van der Waals surface area (Å²) in [7, 11) is 0. The van der Waals surface area contributed by atoms with Crippen LogP contribution in [0.4, 0.5) is 5.69 Å². The Labute approximate surface area is 125 Å². The lowest BCUT2D eigenvalue weighted by atomic mass is 9.95. The van der Waals surface area contributed by atoms with Crippen molar-refractivity contribution in [1.82, 2.24) is 0 Å². The molecule has 0 aliphatic carbocycles. The quantitative estimate of drug-likeness (QED) is 0.454. The standard InChI is InChI=1S/C13H11Cl2N3O2/c1-7-2-3-8(4-9(7)14)18-11(19)6-13(12(18)20)5-10(15)16-17-13/h2-4,10H,5-6H2,1H3/t10-,13-/m1/s1.